The van der Waals surface area contributed by atoms with E-state index in [0.717, 1.165) is 46.4 Å². The molecule has 4 rings (SSSR count). The maximum atomic E-state index is 12.4. The average molecular weight is 424 g/mol. The third-order valence-corrected chi connectivity index (χ3v) is 5.72. The summed E-state index contributed by atoms with van der Waals surface area (Å²) in [5.74, 6) is 0.848. The monoisotopic (exact) mass is 423 g/mol. The Morgan fingerprint density at radius 1 is 1.17 bits per heavy atom. The summed E-state index contributed by atoms with van der Waals surface area (Å²) in [5, 5.41) is 5.97. The molecule has 3 aromatic rings. The largest absolute Gasteiger partial charge is 0.494 e. The number of aromatic nitrogens is 1. The highest BCUT2D eigenvalue weighted by molar-refractivity contribution is 7.13. The van der Waals surface area contributed by atoms with Gasteiger partial charge in [-0.15, -0.1) is 11.3 Å². The van der Waals surface area contributed by atoms with Crippen LogP contribution >= 0.6 is 11.3 Å². The zero-order chi connectivity index (χ0) is 20.8. The molecule has 2 heterocycles. The Balaban J connectivity index is 1.43. The number of hydrogen-bond donors (Lipinski definition) is 1. The standard InChI is InChI=1S/C23H25N3O3S/c1-2-29-20-8-6-17(7-9-20)21-16-30-23(25-21)18-4-3-5-19(14-18)24-22(27)15-26-10-12-28-13-11-26/h3-9,14,16H,2,10-13,15H2,1H3,(H,24,27). The van der Waals surface area contributed by atoms with E-state index in [9.17, 15) is 4.79 Å². The van der Waals surface area contributed by atoms with E-state index >= 15 is 0 Å². The molecule has 6 nitrogen and oxygen atoms in total. The van der Waals surface area contributed by atoms with E-state index in [2.05, 4.69) is 15.6 Å². The molecule has 1 amide bonds. The fourth-order valence-electron chi connectivity index (χ4n) is 3.32. The Morgan fingerprint density at radius 3 is 2.73 bits per heavy atom. The third kappa shape index (κ3) is 5.24. The number of nitrogens with one attached hydrogen (secondary N) is 1. The molecular weight excluding hydrogens is 398 g/mol. The van der Waals surface area contributed by atoms with Crippen LogP contribution in [0, 0.1) is 0 Å². The number of thiazole rings is 1. The molecule has 0 bridgehead atoms. The highest BCUT2D eigenvalue weighted by atomic mass is 32.1. The van der Waals surface area contributed by atoms with Gasteiger partial charge < -0.3 is 14.8 Å². The van der Waals surface area contributed by atoms with Crippen molar-refractivity contribution in [3.63, 3.8) is 0 Å². The van der Waals surface area contributed by atoms with Gasteiger partial charge in [0.05, 0.1) is 32.1 Å². The Bertz CT molecular complexity index is 981. The molecule has 2 aromatic carbocycles. The summed E-state index contributed by atoms with van der Waals surface area (Å²) in [7, 11) is 0. The molecule has 1 saturated heterocycles. The van der Waals surface area contributed by atoms with Crippen LogP contribution in [0.2, 0.25) is 0 Å². The number of benzene rings is 2. The lowest BCUT2D eigenvalue weighted by atomic mass is 10.1. The van der Waals surface area contributed by atoms with Crippen LogP contribution in [-0.4, -0.2) is 55.2 Å². The van der Waals surface area contributed by atoms with Gasteiger partial charge in [-0.2, -0.15) is 0 Å². The second-order valence-corrected chi connectivity index (χ2v) is 7.87. The number of nitrogens with zero attached hydrogens (tertiary/aromatic N) is 2. The third-order valence-electron chi connectivity index (χ3n) is 4.83. The summed E-state index contributed by atoms with van der Waals surface area (Å²) in [6.45, 7) is 5.96. The first-order valence-electron chi connectivity index (χ1n) is 10.1. The second kappa shape index (κ2) is 9.84. The minimum atomic E-state index is -0.0109. The van der Waals surface area contributed by atoms with Gasteiger partial charge in [0, 0.05) is 35.3 Å². The van der Waals surface area contributed by atoms with Crippen molar-refractivity contribution in [2.45, 2.75) is 6.92 Å². The van der Waals surface area contributed by atoms with E-state index in [4.69, 9.17) is 14.5 Å². The lowest BCUT2D eigenvalue weighted by Crippen LogP contribution is -2.41. The van der Waals surface area contributed by atoms with Crippen LogP contribution in [0.5, 0.6) is 5.75 Å². The predicted octanol–water partition coefficient (Wildman–Crippen LogP) is 4.15. The summed E-state index contributed by atoms with van der Waals surface area (Å²) in [5.41, 5.74) is 3.75. The SMILES string of the molecule is CCOc1ccc(-c2csc(-c3cccc(NC(=O)CN4CCOCC4)c3)n2)cc1. The van der Waals surface area contributed by atoms with Gasteiger partial charge in [-0.05, 0) is 43.3 Å². The Kier molecular flexibility index (Phi) is 6.74. The molecule has 1 aliphatic rings. The predicted molar refractivity (Wildman–Crippen MR) is 120 cm³/mol. The molecule has 0 spiro atoms. The van der Waals surface area contributed by atoms with Gasteiger partial charge in [-0.1, -0.05) is 12.1 Å². The molecule has 1 aliphatic heterocycles. The van der Waals surface area contributed by atoms with Crippen LogP contribution in [0.1, 0.15) is 6.92 Å². The fraction of sp³-hybridized carbons (Fsp3) is 0.304. The quantitative estimate of drug-likeness (QED) is 0.619. The van der Waals surface area contributed by atoms with E-state index < -0.39 is 0 Å². The normalized spacial score (nSPS) is 14.4. The van der Waals surface area contributed by atoms with Crippen molar-refractivity contribution in [3.05, 3.63) is 53.9 Å². The van der Waals surface area contributed by atoms with Gasteiger partial charge in [0.25, 0.3) is 0 Å². The van der Waals surface area contributed by atoms with Crippen molar-refractivity contribution in [1.29, 1.82) is 0 Å². The van der Waals surface area contributed by atoms with Crippen LogP contribution in [-0.2, 0) is 9.53 Å². The molecule has 1 N–H and O–H groups in total. The van der Waals surface area contributed by atoms with Crippen LogP contribution in [0.25, 0.3) is 21.8 Å². The zero-order valence-electron chi connectivity index (χ0n) is 17.0. The maximum absolute atomic E-state index is 12.4. The van der Waals surface area contributed by atoms with E-state index in [1.807, 2.05) is 55.5 Å². The molecular formula is C23H25N3O3S. The summed E-state index contributed by atoms with van der Waals surface area (Å²) < 4.78 is 10.8. The molecule has 0 saturated carbocycles. The van der Waals surface area contributed by atoms with Gasteiger partial charge in [0.1, 0.15) is 10.8 Å². The number of carbonyl (C=O) groups excluding carboxylic acids is 1. The van der Waals surface area contributed by atoms with Crippen LogP contribution in [0.15, 0.2) is 53.9 Å². The highest BCUT2D eigenvalue weighted by Crippen LogP contribution is 2.31. The summed E-state index contributed by atoms with van der Waals surface area (Å²) >= 11 is 1.59. The van der Waals surface area contributed by atoms with Gasteiger partial charge in [-0.25, -0.2) is 4.98 Å². The van der Waals surface area contributed by atoms with Crippen molar-refractivity contribution in [1.82, 2.24) is 9.88 Å². The minimum Gasteiger partial charge on any atom is -0.494 e. The molecule has 30 heavy (non-hydrogen) atoms. The Morgan fingerprint density at radius 2 is 1.97 bits per heavy atom. The Hall–Kier alpha value is -2.74. The lowest BCUT2D eigenvalue weighted by Gasteiger charge is -2.25. The van der Waals surface area contributed by atoms with Crippen molar-refractivity contribution in [2.24, 2.45) is 0 Å². The molecule has 1 fully saturated rings. The van der Waals surface area contributed by atoms with Gasteiger partial charge in [0.15, 0.2) is 0 Å². The number of hydrogen-bond acceptors (Lipinski definition) is 6. The van der Waals surface area contributed by atoms with Gasteiger partial charge >= 0.3 is 0 Å². The first kappa shape index (κ1) is 20.5. The smallest absolute Gasteiger partial charge is 0.238 e. The first-order valence-corrected chi connectivity index (χ1v) is 11.0. The van der Waals surface area contributed by atoms with Crippen molar-refractivity contribution >= 4 is 22.9 Å². The first-order chi connectivity index (χ1) is 14.7. The topological polar surface area (TPSA) is 63.7 Å². The summed E-state index contributed by atoms with van der Waals surface area (Å²) in [6.07, 6.45) is 0. The molecule has 0 radical (unpaired) electrons. The van der Waals surface area contributed by atoms with E-state index in [0.29, 0.717) is 26.4 Å². The summed E-state index contributed by atoms with van der Waals surface area (Å²) in [6, 6.07) is 15.8. The van der Waals surface area contributed by atoms with Crippen LogP contribution in [0.3, 0.4) is 0 Å². The molecule has 7 heteroatoms. The molecule has 0 aliphatic carbocycles. The molecule has 156 valence electrons. The molecule has 1 aromatic heterocycles. The number of anilines is 1. The number of ether oxygens (including phenoxy) is 2. The van der Waals surface area contributed by atoms with E-state index in [-0.39, 0.29) is 5.91 Å². The minimum absolute atomic E-state index is 0.0109. The molecule has 0 unspecified atom stereocenters. The van der Waals surface area contributed by atoms with E-state index in [1.165, 1.54) is 0 Å². The van der Waals surface area contributed by atoms with Crippen molar-refractivity contribution in [3.8, 4) is 27.6 Å². The molecule has 0 atom stereocenters. The second-order valence-electron chi connectivity index (χ2n) is 7.01. The lowest BCUT2D eigenvalue weighted by molar-refractivity contribution is -0.118. The number of morpholine rings is 1. The number of amides is 1. The fourth-order valence-corrected chi connectivity index (χ4v) is 4.15. The summed E-state index contributed by atoms with van der Waals surface area (Å²) in [4.78, 5) is 19.3. The van der Waals surface area contributed by atoms with Gasteiger partial charge in [-0.3, -0.25) is 9.69 Å². The van der Waals surface area contributed by atoms with Crippen molar-refractivity contribution < 1.29 is 14.3 Å². The van der Waals surface area contributed by atoms with Crippen molar-refractivity contribution in [2.75, 3.05) is 44.8 Å². The Labute approximate surface area is 180 Å². The maximum Gasteiger partial charge on any atom is 0.238 e. The van der Waals surface area contributed by atoms with Crippen LogP contribution < -0.4 is 10.1 Å². The van der Waals surface area contributed by atoms with E-state index in [1.54, 1.807) is 11.3 Å². The number of rotatable bonds is 7. The van der Waals surface area contributed by atoms with Crippen LogP contribution in [0.4, 0.5) is 5.69 Å². The average Bonchev–Trinajstić information content (AvgIpc) is 3.26. The number of carbonyl (C=O) groups is 1. The highest BCUT2D eigenvalue weighted by Gasteiger charge is 2.14. The zero-order valence-corrected chi connectivity index (χ0v) is 17.8. The van der Waals surface area contributed by atoms with Gasteiger partial charge in [0.2, 0.25) is 5.91 Å².